The maximum absolute atomic E-state index is 12.2. The first-order valence-corrected chi connectivity index (χ1v) is 11.0. The maximum atomic E-state index is 12.2. The van der Waals surface area contributed by atoms with Crippen molar-refractivity contribution in [2.75, 3.05) is 13.6 Å². The molecular weight excluding hydrogens is 524 g/mol. The van der Waals surface area contributed by atoms with E-state index in [1.165, 1.54) is 27.7 Å². The average molecular weight is 546 g/mol. The highest BCUT2D eigenvalue weighted by Crippen LogP contribution is 2.36. The van der Waals surface area contributed by atoms with Crippen LogP contribution in [0, 0.1) is 12.8 Å². The molecule has 0 spiro atoms. The highest BCUT2D eigenvalue weighted by atomic mass is 32.2. The third kappa shape index (κ3) is 8.16. The van der Waals surface area contributed by atoms with Crippen molar-refractivity contribution in [1.29, 1.82) is 0 Å². The van der Waals surface area contributed by atoms with Gasteiger partial charge in [0.15, 0.2) is 11.5 Å². The van der Waals surface area contributed by atoms with Crippen LogP contribution in [0.25, 0.3) is 0 Å². The van der Waals surface area contributed by atoms with E-state index in [-0.39, 0.29) is 23.2 Å². The van der Waals surface area contributed by atoms with Crippen molar-refractivity contribution in [3.05, 3.63) is 46.2 Å². The van der Waals surface area contributed by atoms with Crippen LogP contribution in [0.1, 0.15) is 43.5 Å². The number of carboxylic acids is 1. The lowest BCUT2D eigenvalue weighted by atomic mass is 9.92. The molecule has 16 heteroatoms. The Morgan fingerprint density at radius 3 is 2.14 bits per heavy atom. The number of hydrogen-bond acceptors (Lipinski definition) is 15. The summed E-state index contributed by atoms with van der Waals surface area (Å²) in [5.74, 6) is -8.16. The standard InChI is InChI=1S/C21H22O15S/c1-9-14(35-11(3)33-9)17(25)31-8-32-20(28)37-21(4,5)12(16(23)24)6-13(22)29-7-30-18(26)15-10(2)34-19(27)36-15/h12H,3,6-8H2,1-2,4-5H3,(H,23,24)/t12-/m0/s1. The van der Waals surface area contributed by atoms with Crippen molar-refractivity contribution in [2.24, 2.45) is 5.92 Å². The summed E-state index contributed by atoms with van der Waals surface area (Å²) < 4.78 is 36.3. The summed E-state index contributed by atoms with van der Waals surface area (Å²) in [6.07, 6.45) is -0.705. The van der Waals surface area contributed by atoms with Gasteiger partial charge in [0.05, 0.1) is 12.3 Å². The molecule has 0 radical (unpaired) electrons. The van der Waals surface area contributed by atoms with Gasteiger partial charge in [-0.05, 0) is 46.0 Å². The van der Waals surface area contributed by atoms with E-state index in [4.69, 9.17) is 23.7 Å². The molecule has 0 fully saturated rings. The number of rotatable bonds is 11. The molecule has 2 heterocycles. The minimum atomic E-state index is -1.45. The fourth-order valence-corrected chi connectivity index (χ4v) is 3.59. The highest BCUT2D eigenvalue weighted by molar-refractivity contribution is 8.14. The van der Waals surface area contributed by atoms with Gasteiger partial charge in [0, 0.05) is 4.75 Å². The van der Waals surface area contributed by atoms with E-state index in [2.05, 4.69) is 20.2 Å². The predicted molar refractivity (Wildman–Crippen MR) is 117 cm³/mol. The van der Waals surface area contributed by atoms with Crippen LogP contribution in [0.2, 0.25) is 0 Å². The number of thioether (sulfide) groups is 1. The van der Waals surface area contributed by atoms with Gasteiger partial charge in [-0.25, -0.2) is 19.2 Å². The van der Waals surface area contributed by atoms with Gasteiger partial charge in [-0.3, -0.25) is 9.59 Å². The quantitative estimate of drug-likeness (QED) is 0.312. The number of carbonyl (C=O) groups excluding carboxylic acids is 4. The van der Waals surface area contributed by atoms with Crippen molar-refractivity contribution in [1.82, 2.24) is 0 Å². The van der Waals surface area contributed by atoms with Crippen LogP contribution >= 0.6 is 11.8 Å². The van der Waals surface area contributed by atoms with E-state index in [0.717, 1.165) is 0 Å². The monoisotopic (exact) mass is 546 g/mol. The molecule has 0 unspecified atom stereocenters. The molecular formula is C21H22O15S. The van der Waals surface area contributed by atoms with Crippen LogP contribution in [0.5, 0.6) is 0 Å². The third-order valence-electron chi connectivity index (χ3n) is 4.55. The molecule has 2 rings (SSSR count). The molecule has 1 aliphatic rings. The normalized spacial score (nSPS) is 13.8. The van der Waals surface area contributed by atoms with Crippen LogP contribution in [-0.4, -0.2) is 52.6 Å². The van der Waals surface area contributed by atoms with Gasteiger partial charge in [0.2, 0.25) is 13.6 Å². The second kappa shape index (κ2) is 12.2. The van der Waals surface area contributed by atoms with Crippen LogP contribution in [-0.2, 0) is 42.8 Å². The third-order valence-corrected chi connectivity index (χ3v) is 5.64. The lowest BCUT2D eigenvalue weighted by Crippen LogP contribution is -2.37. The molecule has 1 N–H and O–H groups in total. The van der Waals surface area contributed by atoms with Crippen LogP contribution in [0.15, 0.2) is 37.7 Å². The van der Waals surface area contributed by atoms with Crippen molar-refractivity contribution >= 4 is 40.9 Å². The Bertz CT molecular complexity index is 1180. The molecule has 1 aromatic heterocycles. The van der Waals surface area contributed by atoms with E-state index in [9.17, 15) is 33.9 Å². The second-order valence-corrected chi connectivity index (χ2v) is 9.20. The first-order chi connectivity index (χ1) is 17.2. The molecule has 1 aliphatic heterocycles. The number of esters is 3. The summed E-state index contributed by atoms with van der Waals surface area (Å²) in [4.78, 5) is 70.7. The highest BCUT2D eigenvalue weighted by Gasteiger charge is 2.40. The van der Waals surface area contributed by atoms with Crippen LogP contribution in [0.4, 0.5) is 4.79 Å². The topological polar surface area (TPSA) is 204 Å². The summed E-state index contributed by atoms with van der Waals surface area (Å²) >= 11 is 0.434. The van der Waals surface area contributed by atoms with Crippen LogP contribution < -0.4 is 5.82 Å². The van der Waals surface area contributed by atoms with Crippen LogP contribution in [0.3, 0.4) is 0 Å². The Hall–Kier alpha value is -4.21. The van der Waals surface area contributed by atoms with Crippen molar-refractivity contribution in [2.45, 2.75) is 38.9 Å². The molecule has 1 atom stereocenters. The Morgan fingerprint density at radius 1 is 0.973 bits per heavy atom. The molecule has 0 saturated heterocycles. The first kappa shape index (κ1) is 29.0. The van der Waals surface area contributed by atoms with Gasteiger partial charge in [-0.1, -0.05) is 0 Å². The van der Waals surface area contributed by atoms with Gasteiger partial charge in [-0.15, -0.1) is 0 Å². The lowest BCUT2D eigenvalue weighted by Gasteiger charge is -2.28. The molecule has 0 aromatic carbocycles. The van der Waals surface area contributed by atoms with Gasteiger partial charge in [0.1, 0.15) is 0 Å². The molecule has 0 amide bonds. The van der Waals surface area contributed by atoms with Crippen molar-refractivity contribution in [3.8, 4) is 0 Å². The van der Waals surface area contributed by atoms with Crippen molar-refractivity contribution in [3.63, 3.8) is 0 Å². The zero-order chi connectivity index (χ0) is 27.9. The van der Waals surface area contributed by atoms with Gasteiger partial charge < -0.3 is 42.4 Å². The Kier molecular flexibility index (Phi) is 9.54. The largest absolute Gasteiger partial charge is 0.519 e. The fourth-order valence-electron chi connectivity index (χ4n) is 2.72. The maximum Gasteiger partial charge on any atom is 0.519 e. The van der Waals surface area contributed by atoms with E-state index in [1.54, 1.807) is 0 Å². The van der Waals surface area contributed by atoms with Gasteiger partial charge >= 0.3 is 35.0 Å². The second-order valence-electron chi connectivity index (χ2n) is 7.61. The molecule has 1 aromatic rings. The smallest absolute Gasteiger partial charge is 0.481 e. The summed E-state index contributed by atoms with van der Waals surface area (Å²) in [5, 5.41) is 8.57. The Balaban J connectivity index is 1.82. The Morgan fingerprint density at radius 2 is 1.59 bits per heavy atom. The average Bonchev–Trinajstić information content (AvgIpc) is 3.30. The van der Waals surface area contributed by atoms with Crippen molar-refractivity contribution < 1.29 is 66.3 Å². The number of carboxylic acid groups (broad SMARTS) is 1. The summed E-state index contributed by atoms with van der Waals surface area (Å²) in [6, 6.07) is 0. The first-order valence-electron chi connectivity index (χ1n) is 10.2. The molecule has 15 nitrogen and oxygen atoms in total. The number of allylic oxidation sites excluding steroid dienone is 1. The summed E-state index contributed by atoms with van der Waals surface area (Å²) in [6.45, 7) is 7.09. The zero-order valence-electron chi connectivity index (χ0n) is 20.0. The number of hydrogen-bond donors (Lipinski definition) is 1. The number of aryl methyl sites for hydroxylation is 1. The molecule has 37 heavy (non-hydrogen) atoms. The Labute approximate surface area is 212 Å². The summed E-state index contributed by atoms with van der Waals surface area (Å²) in [5.41, 5.74) is 0. The van der Waals surface area contributed by atoms with E-state index in [1.807, 2.05) is 0 Å². The summed E-state index contributed by atoms with van der Waals surface area (Å²) in [7, 11) is 0. The SMILES string of the molecule is C=C1OC(C)=C(C(=O)OCOC(=O)SC(C)(C)[C@@H](CC(=O)OCOC(=O)c2oc(=O)oc2C)C(=O)O)O1. The number of ether oxygens (including phenoxy) is 6. The van der Waals surface area contributed by atoms with Gasteiger partial charge in [-0.2, -0.15) is 0 Å². The minimum absolute atomic E-state index is 0.103. The molecule has 0 saturated carbocycles. The number of aliphatic carboxylic acids is 1. The number of carbonyl (C=O) groups is 5. The molecule has 0 aliphatic carbocycles. The minimum Gasteiger partial charge on any atom is -0.481 e. The zero-order valence-corrected chi connectivity index (χ0v) is 20.8. The molecule has 202 valence electrons. The van der Waals surface area contributed by atoms with E-state index < -0.39 is 71.4 Å². The molecule has 0 bridgehead atoms. The predicted octanol–water partition coefficient (Wildman–Crippen LogP) is 2.19. The van der Waals surface area contributed by atoms with E-state index >= 15 is 0 Å². The fraction of sp³-hybridized carbons (Fsp3) is 0.429. The lowest BCUT2D eigenvalue weighted by molar-refractivity contribution is -0.158. The van der Waals surface area contributed by atoms with Gasteiger partial charge in [0.25, 0.3) is 17.5 Å². The van der Waals surface area contributed by atoms with E-state index in [0.29, 0.717) is 11.8 Å².